The fourth-order valence-corrected chi connectivity index (χ4v) is 2.31. The number of para-hydroxylation sites is 1. The van der Waals surface area contributed by atoms with Crippen LogP contribution in [0.25, 0.3) is 6.08 Å². The first-order valence-electron chi connectivity index (χ1n) is 8.61. The Morgan fingerprint density at radius 1 is 1.08 bits per heavy atom. The smallest absolute Gasteiger partial charge is 0.319 e. The maximum Gasteiger partial charge on any atom is 0.319 e. The topological polar surface area (TPSA) is 67.4 Å². The highest BCUT2D eigenvalue weighted by Crippen LogP contribution is 2.20. The van der Waals surface area contributed by atoms with Gasteiger partial charge in [0, 0.05) is 22.9 Å². The minimum atomic E-state index is -0.272. The zero-order chi connectivity index (χ0) is 18.9. The van der Waals surface area contributed by atoms with Gasteiger partial charge < -0.3 is 15.4 Å². The molecule has 136 valence electrons. The second kappa shape index (κ2) is 9.42. The monoisotopic (exact) mass is 352 g/mol. The van der Waals surface area contributed by atoms with Gasteiger partial charge in [-0.3, -0.25) is 4.79 Å². The molecule has 5 heteroatoms. The first-order chi connectivity index (χ1) is 12.5. The largest absolute Gasteiger partial charge is 0.493 e. The van der Waals surface area contributed by atoms with Gasteiger partial charge in [0.15, 0.2) is 5.78 Å². The molecule has 0 bridgehead atoms. The predicted octanol–water partition coefficient (Wildman–Crippen LogP) is 4.51. The molecular weight excluding hydrogens is 328 g/mol. The van der Waals surface area contributed by atoms with Crippen molar-refractivity contribution in [2.75, 3.05) is 11.9 Å². The molecule has 0 fully saturated rings. The number of amides is 2. The normalized spacial score (nSPS) is 10.8. The summed E-state index contributed by atoms with van der Waals surface area (Å²) < 4.78 is 5.55. The van der Waals surface area contributed by atoms with Crippen molar-refractivity contribution in [3.05, 3.63) is 65.7 Å². The summed E-state index contributed by atoms with van der Waals surface area (Å²) in [6.45, 7) is 6.26. The zero-order valence-electron chi connectivity index (χ0n) is 15.3. The molecule has 26 heavy (non-hydrogen) atoms. The van der Waals surface area contributed by atoms with Crippen molar-refractivity contribution in [2.24, 2.45) is 0 Å². The predicted molar refractivity (Wildman–Crippen MR) is 105 cm³/mol. The Kier molecular flexibility index (Phi) is 6.97. The average Bonchev–Trinajstić information content (AvgIpc) is 2.61. The molecule has 0 radical (unpaired) electrons. The van der Waals surface area contributed by atoms with Crippen LogP contribution in [-0.4, -0.2) is 24.5 Å². The van der Waals surface area contributed by atoms with E-state index in [9.17, 15) is 9.59 Å². The number of ether oxygens (including phenoxy) is 1. The molecule has 0 saturated heterocycles. The highest BCUT2D eigenvalue weighted by Gasteiger charge is 2.06. The minimum Gasteiger partial charge on any atom is -0.493 e. The number of ketones is 1. The first-order valence-corrected chi connectivity index (χ1v) is 8.61. The van der Waals surface area contributed by atoms with Crippen LogP contribution in [0.15, 0.2) is 54.6 Å². The van der Waals surface area contributed by atoms with Crippen LogP contribution >= 0.6 is 0 Å². The molecular formula is C21H24N2O3. The minimum absolute atomic E-state index is 0.0561. The van der Waals surface area contributed by atoms with Crippen molar-refractivity contribution in [3.8, 4) is 5.75 Å². The molecule has 0 unspecified atom stereocenters. The summed E-state index contributed by atoms with van der Waals surface area (Å²) in [5, 5.41) is 5.47. The van der Waals surface area contributed by atoms with Crippen LogP contribution in [0.5, 0.6) is 5.75 Å². The van der Waals surface area contributed by atoms with Crippen molar-refractivity contribution in [3.63, 3.8) is 0 Å². The Bertz CT molecular complexity index is 780. The Labute approximate surface area is 154 Å². The van der Waals surface area contributed by atoms with E-state index in [1.54, 1.807) is 30.3 Å². The molecule has 2 amide bonds. The number of carbonyl (C=O) groups excluding carboxylic acids is 2. The molecule has 0 saturated carbocycles. The fraction of sp³-hybridized carbons (Fsp3) is 0.238. The number of urea groups is 1. The van der Waals surface area contributed by atoms with Crippen molar-refractivity contribution < 1.29 is 14.3 Å². The lowest BCUT2D eigenvalue weighted by molar-refractivity contribution is 0.104. The van der Waals surface area contributed by atoms with E-state index in [1.807, 2.05) is 45.0 Å². The van der Waals surface area contributed by atoms with Crippen LogP contribution < -0.4 is 15.4 Å². The lowest BCUT2D eigenvalue weighted by Gasteiger charge is -2.10. The van der Waals surface area contributed by atoms with E-state index in [2.05, 4.69) is 10.6 Å². The number of rotatable bonds is 7. The summed E-state index contributed by atoms with van der Waals surface area (Å²) in [6.07, 6.45) is 3.27. The molecule has 2 rings (SSSR count). The number of benzene rings is 2. The lowest BCUT2D eigenvalue weighted by Crippen LogP contribution is -2.34. The van der Waals surface area contributed by atoms with Gasteiger partial charge in [-0.15, -0.1) is 0 Å². The van der Waals surface area contributed by atoms with Crippen LogP contribution in [0.3, 0.4) is 0 Å². The summed E-state index contributed by atoms with van der Waals surface area (Å²) in [5.41, 5.74) is 2.03. The number of hydrogen-bond donors (Lipinski definition) is 2. The standard InChI is InChI=1S/C21H24N2O3/c1-4-26-20-8-6-5-7-17(20)11-14-19(24)16-9-12-18(13-10-16)23-21(25)22-15(2)3/h5-15H,4H2,1-3H3,(H2,22,23,25)/b14-11+. The lowest BCUT2D eigenvalue weighted by atomic mass is 10.1. The summed E-state index contributed by atoms with van der Waals surface area (Å²) in [6, 6.07) is 14.1. The van der Waals surface area contributed by atoms with Crippen molar-refractivity contribution in [1.82, 2.24) is 5.32 Å². The van der Waals surface area contributed by atoms with Gasteiger partial charge in [0.1, 0.15) is 5.75 Å². The van der Waals surface area contributed by atoms with Crippen molar-refractivity contribution >= 4 is 23.6 Å². The second-order valence-corrected chi connectivity index (χ2v) is 6.00. The van der Waals surface area contributed by atoms with Crippen LogP contribution in [0.2, 0.25) is 0 Å². The van der Waals surface area contributed by atoms with Gasteiger partial charge >= 0.3 is 6.03 Å². The highest BCUT2D eigenvalue weighted by atomic mass is 16.5. The number of nitrogens with one attached hydrogen (secondary N) is 2. The molecule has 2 aromatic carbocycles. The number of carbonyl (C=O) groups is 2. The molecule has 0 aliphatic carbocycles. The summed E-state index contributed by atoms with van der Waals surface area (Å²) in [4.78, 5) is 24.0. The third-order valence-corrected chi connectivity index (χ3v) is 3.48. The van der Waals surface area contributed by atoms with Crippen LogP contribution in [0.4, 0.5) is 10.5 Å². The van der Waals surface area contributed by atoms with Crippen LogP contribution in [-0.2, 0) is 0 Å². The maximum absolute atomic E-state index is 12.3. The van der Waals surface area contributed by atoms with E-state index < -0.39 is 0 Å². The number of hydrogen-bond acceptors (Lipinski definition) is 3. The van der Waals surface area contributed by atoms with E-state index in [-0.39, 0.29) is 17.9 Å². The Morgan fingerprint density at radius 2 is 1.77 bits per heavy atom. The second-order valence-electron chi connectivity index (χ2n) is 6.00. The van der Waals surface area contributed by atoms with E-state index in [1.165, 1.54) is 6.08 Å². The van der Waals surface area contributed by atoms with Crippen LogP contribution in [0.1, 0.15) is 36.7 Å². The molecule has 0 aliphatic heterocycles. The van der Waals surface area contributed by atoms with Crippen LogP contribution in [0, 0.1) is 0 Å². The third kappa shape index (κ3) is 5.77. The van der Waals surface area contributed by atoms with E-state index in [0.29, 0.717) is 17.9 Å². The van der Waals surface area contributed by atoms with E-state index in [4.69, 9.17) is 4.74 Å². The van der Waals surface area contributed by atoms with Gasteiger partial charge in [-0.2, -0.15) is 0 Å². The molecule has 2 N–H and O–H groups in total. The summed E-state index contributed by atoms with van der Waals surface area (Å²) in [7, 11) is 0. The number of allylic oxidation sites excluding steroid dienone is 1. The van der Waals surface area contributed by atoms with E-state index >= 15 is 0 Å². The molecule has 2 aromatic rings. The van der Waals surface area contributed by atoms with Gasteiger partial charge in [-0.05, 0) is 63.3 Å². The average molecular weight is 352 g/mol. The highest BCUT2D eigenvalue weighted by molar-refractivity contribution is 6.07. The van der Waals surface area contributed by atoms with Gasteiger partial charge in [-0.1, -0.05) is 18.2 Å². The zero-order valence-corrected chi connectivity index (χ0v) is 15.3. The molecule has 0 spiro atoms. The van der Waals surface area contributed by atoms with Crippen molar-refractivity contribution in [2.45, 2.75) is 26.8 Å². The Morgan fingerprint density at radius 3 is 2.42 bits per heavy atom. The SMILES string of the molecule is CCOc1ccccc1/C=C/C(=O)c1ccc(NC(=O)NC(C)C)cc1. The molecule has 0 aliphatic rings. The third-order valence-electron chi connectivity index (χ3n) is 3.48. The van der Waals surface area contributed by atoms with Gasteiger partial charge in [0.25, 0.3) is 0 Å². The molecule has 0 atom stereocenters. The molecule has 5 nitrogen and oxygen atoms in total. The first kappa shape index (κ1) is 19.2. The van der Waals surface area contributed by atoms with Gasteiger partial charge in [-0.25, -0.2) is 4.79 Å². The van der Waals surface area contributed by atoms with E-state index in [0.717, 1.165) is 11.3 Å². The summed E-state index contributed by atoms with van der Waals surface area (Å²) >= 11 is 0. The summed E-state index contributed by atoms with van der Waals surface area (Å²) in [5.74, 6) is 0.629. The number of anilines is 1. The van der Waals surface area contributed by atoms with Crippen molar-refractivity contribution in [1.29, 1.82) is 0 Å². The fourth-order valence-electron chi connectivity index (χ4n) is 2.31. The Balaban J connectivity index is 2.03. The maximum atomic E-state index is 12.3. The Hall–Kier alpha value is -3.08. The quantitative estimate of drug-likeness (QED) is 0.569. The van der Waals surface area contributed by atoms with Gasteiger partial charge in [0.2, 0.25) is 0 Å². The van der Waals surface area contributed by atoms with Gasteiger partial charge in [0.05, 0.1) is 6.61 Å². The molecule has 0 heterocycles. The molecule has 0 aromatic heterocycles.